The second-order valence-corrected chi connectivity index (χ2v) is 8.57. The lowest BCUT2D eigenvalue weighted by Gasteiger charge is -2.29. The second kappa shape index (κ2) is 4.16. The van der Waals surface area contributed by atoms with Gasteiger partial charge < -0.3 is 10.2 Å². The summed E-state index contributed by atoms with van der Waals surface area (Å²) in [5.41, 5.74) is 1.84. The minimum atomic E-state index is -2.74. The van der Waals surface area contributed by atoms with Crippen molar-refractivity contribution in [3.63, 3.8) is 0 Å². The maximum Gasteiger partial charge on any atom is 0.125 e. The van der Waals surface area contributed by atoms with E-state index < -0.39 is 6.26 Å². The SMILES string of the molecule is OP1(=S)c2ccccc2Nc2ccc3ccccc3c21. The predicted molar refractivity (Wildman–Crippen MR) is 89.4 cm³/mol. The summed E-state index contributed by atoms with van der Waals surface area (Å²) in [7, 11) is 0. The van der Waals surface area contributed by atoms with Crippen molar-refractivity contribution in [1.82, 2.24) is 0 Å². The molecule has 0 saturated heterocycles. The Morgan fingerprint density at radius 3 is 2.50 bits per heavy atom. The van der Waals surface area contributed by atoms with E-state index in [1.54, 1.807) is 0 Å². The number of fused-ring (bicyclic) bond motifs is 4. The summed E-state index contributed by atoms with van der Waals surface area (Å²) in [6.45, 7) is 0. The number of rotatable bonds is 0. The van der Waals surface area contributed by atoms with Gasteiger partial charge in [-0.05, 0) is 29.0 Å². The minimum Gasteiger partial charge on any atom is -0.358 e. The van der Waals surface area contributed by atoms with Crippen molar-refractivity contribution in [2.75, 3.05) is 5.32 Å². The van der Waals surface area contributed by atoms with Gasteiger partial charge in [0.1, 0.15) is 6.26 Å². The van der Waals surface area contributed by atoms with Crippen LogP contribution in [0, 0.1) is 0 Å². The van der Waals surface area contributed by atoms with Crippen LogP contribution in [-0.2, 0) is 11.8 Å². The van der Waals surface area contributed by atoms with Crippen LogP contribution in [0.25, 0.3) is 10.8 Å². The predicted octanol–water partition coefficient (Wildman–Crippen LogP) is 3.23. The lowest BCUT2D eigenvalue weighted by atomic mass is 10.1. The maximum absolute atomic E-state index is 11.1. The van der Waals surface area contributed by atoms with Crippen molar-refractivity contribution in [2.45, 2.75) is 0 Å². The molecule has 4 heteroatoms. The van der Waals surface area contributed by atoms with Gasteiger partial charge in [0.2, 0.25) is 0 Å². The standard InChI is InChI=1S/C16H12NOPS/c18-19(20)15-8-4-3-7-13(15)17-14-10-9-11-5-1-2-6-12(11)16(14)19/h1-10,17H,(H,18,20). The summed E-state index contributed by atoms with van der Waals surface area (Å²) in [4.78, 5) is 11.1. The fraction of sp³-hybridized carbons (Fsp3) is 0. The quantitative estimate of drug-likeness (QED) is 0.625. The van der Waals surface area contributed by atoms with Crippen molar-refractivity contribution in [1.29, 1.82) is 0 Å². The summed E-state index contributed by atoms with van der Waals surface area (Å²) in [5.74, 6) is 0. The van der Waals surface area contributed by atoms with Crippen molar-refractivity contribution in [2.24, 2.45) is 0 Å². The van der Waals surface area contributed by atoms with Gasteiger partial charge in [0.25, 0.3) is 0 Å². The van der Waals surface area contributed by atoms with Crippen LogP contribution in [0.3, 0.4) is 0 Å². The van der Waals surface area contributed by atoms with Crippen LogP contribution in [0.1, 0.15) is 0 Å². The Labute approximate surface area is 122 Å². The highest BCUT2D eigenvalue weighted by Gasteiger charge is 2.31. The summed E-state index contributed by atoms with van der Waals surface area (Å²) in [6.07, 6.45) is -2.74. The molecule has 2 nitrogen and oxygen atoms in total. The molecule has 1 atom stereocenters. The topological polar surface area (TPSA) is 32.3 Å². The van der Waals surface area contributed by atoms with E-state index in [4.69, 9.17) is 11.8 Å². The minimum absolute atomic E-state index is 0.846. The van der Waals surface area contributed by atoms with Gasteiger partial charge in [0.05, 0.1) is 5.69 Å². The van der Waals surface area contributed by atoms with Gasteiger partial charge in [0, 0.05) is 16.3 Å². The van der Waals surface area contributed by atoms with Crippen LogP contribution in [0.15, 0.2) is 60.7 Å². The van der Waals surface area contributed by atoms with E-state index in [1.807, 2.05) is 54.6 Å². The van der Waals surface area contributed by atoms with Crippen LogP contribution in [0.5, 0.6) is 0 Å². The highest BCUT2D eigenvalue weighted by Crippen LogP contribution is 2.49. The van der Waals surface area contributed by atoms with E-state index in [0.29, 0.717) is 0 Å². The fourth-order valence-electron chi connectivity index (χ4n) is 2.79. The van der Waals surface area contributed by atoms with Crippen LogP contribution in [0.2, 0.25) is 0 Å². The zero-order chi connectivity index (χ0) is 13.7. The molecule has 20 heavy (non-hydrogen) atoms. The Kier molecular flexibility index (Phi) is 2.52. The monoisotopic (exact) mass is 297 g/mol. The van der Waals surface area contributed by atoms with E-state index in [0.717, 1.165) is 32.8 Å². The highest BCUT2D eigenvalue weighted by molar-refractivity contribution is 8.19. The van der Waals surface area contributed by atoms with Gasteiger partial charge in [0.15, 0.2) is 0 Å². The first-order valence-electron chi connectivity index (χ1n) is 6.40. The van der Waals surface area contributed by atoms with Gasteiger partial charge in [-0.2, -0.15) is 0 Å². The second-order valence-electron chi connectivity index (χ2n) is 4.90. The third-order valence-corrected chi connectivity index (χ3v) is 6.97. The lowest BCUT2D eigenvalue weighted by Crippen LogP contribution is -2.26. The molecule has 98 valence electrons. The molecule has 0 aliphatic carbocycles. The molecule has 0 aromatic heterocycles. The lowest BCUT2D eigenvalue weighted by molar-refractivity contribution is 0.642. The van der Waals surface area contributed by atoms with E-state index >= 15 is 0 Å². The van der Waals surface area contributed by atoms with E-state index in [2.05, 4.69) is 11.4 Å². The normalized spacial score (nSPS) is 20.1. The number of hydrogen-bond acceptors (Lipinski definition) is 2. The van der Waals surface area contributed by atoms with E-state index in [-0.39, 0.29) is 0 Å². The Balaban J connectivity index is 2.13. The molecule has 0 saturated carbocycles. The number of para-hydroxylation sites is 1. The Hall–Kier alpha value is -1.67. The Bertz CT molecular complexity index is 891. The van der Waals surface area contributed by atoms with Crippen molar-refractivity contribution in [3.05, 3.63) is 60.7 Å². The molecule has 4 rings (SSSR count). The molecule has 1 aliphatic heterocycles. The molecule has 3 aromatic carbocycles. The molecule has 3 aromatic rings. The smallest absolute Gasteiger partial charge is 0.125 e. The first-order valence-corrected chi connectivity index (χ1v) is 9.15. The molecule has 0 spiro atoms. The number of nitrogens with one attached hydrogen (secondary N) is 1. The Morgan fingerprint density at radius 1 is 0.850 bits per heavy atom. The Morgan fingerprint density at radius 2 is 1.60 bits per heavy atom. The van der Waals surface area contributed by atoms with E-state index in [9.17, 15) is 4.89 Å². The van der Waals surface area contributed by atoms with Gasteiger partial charge >= 0.3 is 0 Å². The molecule has 1 heterocycles. The third-order valence-electron chi connectivity index (χ3n) is 3.70. The van der Waals surface area contributed by atoms with Crippen molar-refractivity contribution >= 4 is 50.8 Å². The maximum atomic E-state index is 11.1. The fourth-order valence-corrected chi connectivity index (χ4v) is 5.83. The molecular formula is C16H12NOPS. The van der Waals surface area contributed by atoms with Gasteiger partial charge in [-0.25, -0.2) is 0 Å². The highest BCUT2D eigenvalue weighted by atomic mass is 32.4. The zero-order valence-corrected chi connectivity index (χ0v) is 12.3. The summed E-state index contributed by atoms with van der Waals surface area (Å²) in [5, 5.41) is 7.26. The summed E-state index contributed by atoms with van der Waals surface area (Å²) in [6, 6.07) is 19.9. The summed E-state index contributed by atoms with van der Waals surface area (Å²) < 4.78 is 0. The largest absolute Gasteiger partial charge is 0.358 e. The molecule has 0 amide bonds. The van der Waals surface area contributed by atoms with Crippen LogP contribution < -0.4 is 15.9 Å². The summed E-state index contributed by atoms with van der Waals surface area (Å²) >= 11 is 5.66. The zero-order valence-electron chi connectivity index (χ0n) is 10.6. The van der Waals surface area contributed by atoms with Gasteiger partial charge in [-0.1, -0.05) is 54.3 Å². The first kappa shape index (κ1) is 12.1. The van der Waals surface area contributed by atoms with Gasteiger partial charge in [-0.15, -0.1) is 0 Å². The first-order chi connectivity index (χ1) is 9.68. The number of hydrogen-bond donors (Lipinski definition) is 2. The van der Waals surface area contributed by atoms with Crippen LogP contribution in [-0.4, -0.2) is 4.89 Å². The molecule has 0 fully saturated rings. The van der Waals surface area contributed by atoms with Crippen molar-refractivity contribution < 1.29 is 4.89 Å². The van der Waals surface area contributed by atoms with Crippen LogP contribution >= 0.6 is 6.26 Å². The molecule has 0 radical (unpaired) electrons. The molecular weight excluding hydrogens is 285 g/mol. The average molecular weight is 297 g/mol. The van der Waals surface area contributed by atoms with Crippen molar-refractivity contribution in [3.8, 4) is 0 Å². The third kappa shape index (κ3) is 1.58. The molecule has 0 bridgehead atoms. The average Bonchev–Trinajstić information content (AvgIpc) is 2.46. The number of anilines is 2. The van der Waals surface area contributed by atoms with Gasteiger partial charge in [-0.3, -0.25) is 0 Å². The molecule has 2 N–H and O–H groups in total. The molecule has 1 unspecified atom stereocenters. The number of benzene rings is 3. The van der Waals surface area contributed by atoms with E-state index in [1.165, 1.54) is 0 Å². The molecule has 1 aliphatic rings. The van der Waals surface area contributed by atoms with Crippen LogP contribution in [0.4, 0.5) is 11.4 Å².